The smallest absolute Gasteiger partial charge is 0.289 e. The summed E-state index contributed by atoms with van der Waals surface area (Å²) in [4.78, 5) is 24.7. The van der Waals surface area contributed by atoms with E-state index in [1.54, 1.807) is 19.1 Å². The average molecular weight is 464 g/mol. The number of piperazine rings is 1. The first-order chi connectivity index (χ1) is 14.7. The topological polar surface area (TPSA) is 114 Å². The van der Waals surface area contributed by atoms with Gasteiger partial charge in [0.1, 0.15) is 0 Å². The minimum Gasteiger partial charge on any atom is -0.449 e. The number of aryl methyl sites for hydroxylation is 1. The Bertz CT molecular complexity index is 1300. The number of benzene rings is 2. The number of amides is 1. The fourth-order valence-corrected chi connectivity index (χ4v) is 5.45. The van der Waals surface area contributed by atoms with Gasteiger partial charge in [-0.3, -0.25) is 14.9 Å². The van der Waals surface area contributed by atoms with Crippen LogP contribution in [0, 0.1) is 17.0 Å². The zero-order valence-corrected chi connectivity index (χ0v) is 18.0. The lowest BCUT2D eigenvalue weighted by atomic mass is 10.1. The van der Waals surface area contributed by atoms with Gasteiger partial charge in [-0.1, -0.05) is 35.9 Å². The Morgan fingerprint density at radius 3 is 2.42 bits per heavy atom. The van der Waals surface area contributed by atoms with E-state index in [4.69, 9.17) is 16.0 Å². The summed E-state index contributed by atoms with van der Waals surface area (Å²) in [5, 5.41) is 12.4. The van der Waals surface area contributed by atoms with Crippen LogP contribution in [-0.4, -0.2) is 54.6 Å². The lowest BCUT2D eigenvalue weighted by Gasteiger charge is -2.33. The minimum absolute atomic E-state index is 0.0140. The Morgan fingerprint density at radius 1 is 1.10 bits per heavy atom. The van der Waals surface area contributed by atoms with Gasteiger partial charge in [-0.15, -0.1) is 0 Å². The van der Waals surface area contributed by atoms with Gasteiger partial charge < -0.3 is 9.32 Å². The molecule has 0 spiro atoms. The second-order valence-electron chi connectivity index (χ2n) is 7.09. The number of para-hydroxylation sites is 2. The van der Waals surface area contributed by atoms with Crippen molar-refractivity contribution in [1.82, 2.24) is 9.21 Å². The second-order valence-corrected chi connectivity index (χ2v) is 9.41. The van der Waals surface area contributed by atoms with Crippen LogP contribution in [0.15, 0.2) is 51.8 Å². The van der Waals surface area contributed by atoms with Crippen molar-refractivity contribution in [3.63, 3.8) is 0 Å². The second kappa shape index (κ2) is 7.95. The van der Waals surface area contributed by atoms with Gasteiger partial charge in [-0.25, -0.2) is 8.42 Å². The molecule has 0 unspecified atom stereocenters. The van der Waals surface area contributed by atoms with Gasteiger partial charge >= 0.3 is 0 Å². The number of nitrogens with zero attached hydrogens (tertiary/aromatic N) is 3. The first kappa shape index (κ1) is 21.3. The zero-order chi connectivity index (χ0) is 22.3. The molecule has 31 heavy (non-hydrogen) atoms. The molecule has 0 bridgehead atoms. The maximum absolute atomic E-state index is 13.0. The van der Waals surface area contributed by atoms with Crippen molar-refractivity contribution < 1.29 is 22.6 Å². The van der Waals surface area contributed by atoms with Crippen LogP contribution in [0.3, 0.4) is 0 Å². The molecule has 0 radical (unpaired) electrons. The molecule has 1 amide bonds. The summed E-state index contributed by atoms with van der Waals surface area (Å²) >= 11 is 6.16. The van der Waals surface area contributed by atoms with Crippen molar-refractivity contribution in [3.05, 3.63) is 68.9 Å². The number of halogens is 1. The van der Waals surface area contributed by atoms with Gasteiger partial charge in [0, 0.05) is 43.2 Å². The van der Waals surface area contributed by atoms with E-state index in [-0.39, 0.29) is 42.7 Å². The number of furan rings is 1. The van der Waals surface area contributed by atoms with Crippen LogP contribution in [0.5, 0.6) is 0 Å². The number of hydrogen-bond acceptors (Lipinski definition) is 6. The molecule has 162 valence electrons. The van der Waals surface area contributed by atoms with E-state index in [1.165, 1.54) is 23.1 Å². The maximum Gasteiger partial charge on any atom is 0.289 e. The highest BCUT2D eigenvalue weighted by Crippen LogP contribution is 2.32. The van der Waals surface area contributed by atoms with Crippen LogP contribution in [0.2, 0.25) is 5.02 Å². The van der Waals surface area contributed by atoms with Crippen molar-refractivity contribution >= 4 is 44.2 Å². The fraction of sp³-hybridized carbons (Fsp3) is 0.250. The number of sulfonamides is 1. The van der Waals surface area contributed by atoms with E-state index in [1.807, 2.05) is 6.07 Å². The van der Waals surface area contributed by atoms with Gasteiger partial charge in [0.05, 0.1) is 9.95 Å². The maximum atomic E-state index is 13.0. The number of hydrogen-bond donors (Lipinski definition) is 0. The Morgan fingerprint density at radius 2 is 1.77 bits per heavy atom. The standard InChI is InChI=1S/C20H18ClN3O6S/c1-13-14-5-4-6-15(21)19(14)30-18(13)20(25)22-9-11-23(12-10-22)31(28,29)17-8-3-2-7-16(17)24(26)27/h2-8H,9-12H2,1H3. The Kier molecular flexibility index (Phi) is 5.46. The van der Waals surface area contributed by atoms with Gasteiger partial charge in [-0.2, -0.15) is 4.31 Å². The predicted octanol–water partition coefficient (Wildman–Crippen LogP) is 3.45. The molecule has 0 atom stereocenters. The number of carbonyl (C=O) groups excluding carboxylic acids is 1. The van der Waals surface area contributed by atoms with Crippen molar-refractivity contribution in [2.45, 2.75) is 11.8 Å². The summed E-state index contributed by atoms with van der Waals surface area (Å²) in [6.07, 6.45) is 0. The molecule has 11 heteroatoms. The molecule has 0 aliphatic carbocycles. The van der Waals surface area contributed by atoms with Crippen LogP contribution in [0.4, 0.5) is 5.69 Å². The molecule has 2 aromatic carbocycles. The molecule has 1 fully saturated rings. The van der Waals surface area contributed by atoms with Crippen molar-refractivity contribution in [2.75, 3.05) is 26.2 Å². The molecular formula is C20H18ClN3O6S. The van der Waals surface area contributed by atoms with Crippen LogP contribution in [0.1, 0.15) is 16.1 Å². The lowest BCUT2D eigenvalue weighted by molar-refractivity contribution is -0.387. The van der Waals surface area contributed by atoms with E-state index in [9.17, 15) is 23.3 Å². The number of carbonyl (C=O) groups is 1. The van der Waals surface area contributed by atoms with Gasteiger partial charge in [0.15, 0.2) is 16.2 Å². The third-order valence-corrected chi connectivity index (χ3v) is 7.56. The number of rotatable bonds is 4. The molecule has 9 nitrogen and oxygen atoms in total. The van der Waals surface area contributed by atoms with Gasteiger partial charge in [0.25, 0.3) is 11.6 Å². The predicted molar refractivity (Wildman–Crippen MR) is 114 cm³/mol. The number of nitro groups is 1. The Labute approximate surface area is 183 Å². The SMILES string of the molecule is Cc1c(C(=O)N2CCN(S(=O)(=O)c3ccccc3[N+](=O)[O-])CC2)oc2c(Cl)cccc12. The van der Waals surface area contributed by atoms with Crippen LogP contribution >= 0.6 is 11.6 Å². The van der Waals surface area contributed by atoms with Gasteiger partial charge in [0.2, 0.25) is 10.0 Å². The highest BCUT2D eigenvalue weighted by atomic mass is 35.5. The monoisotopic (exact) mass is 463 g/mol. The molecule has 1 aromatic heterocycles. The first-order valence-electron chi connectivity index (χ1n) is 9.42. The quantitative estimate of drug-likeness (QED) is 0.432. The van der Waals surface area contributed by atoms with Crippen LogP contribution in [-0.2, 0) is 10.0 Å². The number of fused-ring (bicyclic) bond motifs is 1. The highest BCUT2D eigenvalue weighted by molar-refractivity contribution is 7.89. The van der Waals surface area contributed by atoms with Gasteiger partial charge in [-0.05, 0) is 19.1 Å². The van der Waals surface area contributed by atoms with Crippen molar-refractivity contribution in [2.24, 2.45) is 0 Å². The summed E-state index contributed by atoms with van der Waals surface area (Å²) in [6, 6.07) is 10.5. The third kappa shape index (κ3) is 3.67. The van der Waals surface area contributed by atoms with E-state index >= 15 is 0 Å². The van der Waals surface area contributed by atoms with Crippen LogP contribution < -0.4 is 0 Å². The third-order valence-electron chi connectivity index (χ3n) is 5.32. The summed E-state index contributed by atoms with van der Waals surface area (Å²) in [7, 11) is -4.07. The highest BCUT2D eigenvalue weighted by Gasteiger charge is 2.35. The molecule has 4 rings (SSSR count). The molecule has 3 aromatic rings. The van der Waals surface area contributed by atoms with Crippen molar-refractivity contribution in [1.29, 1.82) is 0 Å². The fourth-order valence-electron chi connectivity index (χ4n) is 3.65. The summed E-state index contributed by atoms with van der Waals surface area (Å²) in [6.45, 7) is 2.05. The molecule has 1 aliphatic rings. The molecular weight excluding hydrogens is 446 g/mol. The Balaban J connectivity index is 1.54. The molecule has 0 N–H and O–H groups in total. The van der Waals surface area contributed by atoms with E-state index in [2.05, 4.69) is 0 Å². The summed E-state index contributed by atoms with van der Waals surface area (Å²) < 4.78 is 32.8. The minimum atomic E-state index is -4.07. The molecule has 1 aliphatic heterocycles. The van der Waals surface area contributed by atoms with Crippen LogP contribution in [0.25, 0.3) is 11.0 Å². The van der Waals surface area contributed by atoms with Crippen molar-refractivity contribution in [3.8, 4) is 0 Å². The lowest BCUT2D eigenvalue weighted by Crippen LogP contribution is -2.50. The van der Waals surface area contributed by atoms with E-state index in [0.29, 0.717) is 16.2 Å². The molecule has 1 saturated heterocycles. The molecule has 2 heterocycles. The Hall–Kier alpha value is -2.95. The summed E-state index contributed by atoms with van der Waals surface area (Å²) in [5.74, 6) is -0.189. The largest absolute Gasteiger partial charge is 0.449 e. The number of nitro benzene ring substituents is 1. The first-order valence-corrected chi connectivity index (χ1v) is 11.2. The summed E-state index contributed by atoms with van der Waals surface area (Å²) in [5.41, 5.74) is 0.621. The normalized spacial score (nSPS) is 15.4. The average Bonchev–Trinajstić information content (AvgIpc) is 3.11. The molecule has 0 saturated carbocycles. The zero-order valence-electron chi connectivity index (χ0n) is 16.4. The van der Waals surface area contributed by atoms with E-state index < -0.39 is 20.6 Å². The van der Waals surface area contributed by atoms with E-state index in [0.717, 1.165) is 15.8 Å².